The van der Waals surface area contributed by atoms with Crippen molar-refractivity contribution in [1.82, 2.24) is 10.6 Å². The average Bonchev–Trinajstić information content (AvgIpc) is 2.29. The van der Waals surface area contributed by atoms with E-state index in [9.17, 15) is 4.79 Å². The van der Waals surface area contributed by atoms with Crippen LogP contribution in [0.15, 0.2) is 0 Å². The zero-order chi connectivity index (χ0) is 11.8. The Morgan fingerprint density at radius 2 is 2.50 bits per heavy atom. The number of hydrogen-bond acceptors (Lipinski definition) is 2. The second kappa shape index (κ2) is 7.29. The summed E-state index contributed by atoms with van der Waals surface area (Å²) in [6, 6.07) is 0.147. The van der Waals surface area contributed by atoms with Crippen molar-refractivity contribution >= 4 is 5.91 Å². The first-order valence-electron chi connectivity index (χ1n) is 6.19. The molecule has 1 amide bonds. The number of carbonyl (C=O) groups excluding carboxylic acids is 1. The fourth-order valence-corrected chi connectivity index (χ4v) is 2.09. The van der Waals surface area contributed by atoms with E-state index in [2.05, 4.69) is 16.6 Å². The topological polar surface area (TPSA) is 41.1 Å². The van der Waals surface area contributed by atoms with Gasteiger partial charge in [-0.25, -0.2) is 0 Å². The summed E-state index contributed by atoms with van der Waals surface area (Å²) in [7, 11) is 0. The monoisotopic (exact) mass is 222 g/mol. The van der Waals surface area contributed by atoms with Gasteiger partial charge in [-0.2, -0.15) is 0 Å². The fraction of sp³-hybridized carbons (Fsp3) is 0.769. The average molecular weight is 222 g/mol. The quantitative estimate of drug-likeness (QED) is 0.688. The van der Waals surface area contributed by atoms with Gasteiger partial charge in [-0.15, -0.1) is 12.3 Å². The van der Waals surface area contributed by atoms with Crippen molar-refractivity contribution in [1.29, 1.82) is 0 Å². The van der Waals surface area contributed by atoms with Gasteiger partial charge in [0.1, 0.15) is 0 Å². The molecular formula is C13H22N2O. The van der Waals surface area contributed by atoms with Crippen LogP contribution in [0, 0.1) is 18.3 Å². The highest BCUT2D eigenvalue weighted by atomic mass is 16.1. The molecule has 1 aliphatic rings. The number of terminal acetylenes is 1. The molecule has 0 aliphatic carbocycles. The second-order valence-corrected chi connectivity index (χ2v) is 4.50. The molecule has 3 nitrogen and oxygen atoms in total. The minimum atomic E-state index is 0.147. The normalized spacial score (nSPS) is 22.1. The maximum absolute atomic E-state index is 11.7. The Hall–Kier alpha value is -1.01. The highest BCUT2D eigenvalue weighted by Gasteiger charge is 2.18. The molecule has 2 unspecified atom stereocenters. The van der Waals surface area contributed by atoms with Crippen LogP contribution in [0.3, 0.4) is 0 Å². The van der Waals surface area contributed by atoms with Gasteiger partial charge in [0.2, 0.25) is 5.91 Å². The van der Waals surface area contributed by atoms with Crippen molar-refractivity contribution in [2.75, 3.05) is 13.1 Å². The molecule has 16 heavy (non-hydrogen) atoms. The summed E-state index contributed by atoms with van der Waals surface area (Å²) in [6.45, 7) is 4.11. The van der Waals surface area contributed by atoms with Crippen molar-refractivity contribution in [2.24, 2.45) is 5.92 Å². The van der Waals surface area contributed by atoms with Crippen LogP contribution in [0.25, 0.3) is 0 Å². The van der Waals surface area contributed by atoms with Crippen molar-refractivity contribution in [3.8, 4) is 12.3 Å². The summed E-state index contributed by atoms with van der Waals surface area (Å²) >= 11 is 0. The Bertz CT molecular complexity index is 251. The van der Waals surface area contributed by atoms with Crippen LogP contribution in [0.4, 0.5) is 0 Å². The molecule has 0 aromatic rings. The third-order valence-electron chi connectivity index (χ3n) is 3.10. The van der Waals surface area contributed by atoms with E-state index < -0.39 is 0 Å². The lowest BCUT2D eigenvalue weighted by atomic mass is 9.95. The van der Waals surface area contributed by atoms with E-state index in [0.29, 0.717) is 18.8 Å². The van der Waals surface area contributed by atoms with Crippen molar-refractivity contribution < 1.29 is 4.79 Å². The minimum absolute atomic E-state index is 0.147. The molecule has 2 atom stereocenters. The third-order valence-corrected chi connectivity index (χ3v) is 3.10. The van der Waals surface area contributed by atoms with Crippen LogP contribution in [-0.2, 0) is 4.79 Å². The van der Waals surface area contributed by atoms with E-state index in [1.165, 1.54) is 6.42 Å². The van der Waals surface area contributed by atoms with E-state index in [1.807, 2.05) is 6.92 Å². The lowest BCUT2D eigenvalue weighted by Crippen LogP contribution is -2.38. The number of nitrogens with one attached hydrogen (secondary N) is 2. The standard InChI is InChI=1S/C13H22N2O/c1-3-6-12(4-2)15-13(16)9-11-7-5-8-14-10-11/h1,11-12,14H,4-10H2,2H3,(H,15,16). The first-order valence-corrected chi connectivity index (χ1v) is 6.19. The van der Waals surface area contributed by atoms with Gasteiger partial charge < -0.3 is 10.6 Å². The largest absolute Gasteiger partial charge is 0.352 e. The summed E-state index contributed by atoms with van der Waals surface area (Å²) in [4.78, 5) is 11.7. The van der Waals surface area contributed by atoms with Crippen molar-refractivity contribution in [3.63, 3.8) is 0 Å². The number of amides is 1. The molecule has 0 bridgehead atoms. The fourth-order valence-electron chi connectivity index (χ4n) is 2.09. The first kappa shape index (κ1) is 13.1. The Labute approximate surface area is 98.4 Å². The van der Waals surface area contributed by atoms with Gasteiger partial charge in [0.05, 0.1) is 0 Å². The van der Waals surface area contributed by atoms with Crippen molar-refractivity contribution in [3.05, 3.63) is 0 Å². The molecule has 1 rings (SSSR count). The van der Waals surface area contributed by atoms with E-state index in [4.69, 9.17) is 6.42 Å². The molecule has 90 valence electrons. The SMILES string of the molecule is C#CCC(CC)NC(=O)CC1CCCNC1. The summed E-state index contributed by atoms with van der Waals surface area (Å²) in [5, 5.41) is 6.33. The zero-order valence-electron chi connectivity index (χ0n) is 10.1. The van der Waals surface area contributed by atoms with Gasteiger partial charge in [-0.3, -0.25) is 4.79 Å². The molecule has 1 aliphatic heterocycles. The molecule has 0 spiro atoms. The molecule has 0 aromatic heterocycles. The number of carbonyl (C=O) groups is 1. The van der Waals surface area contributed by atoms with E-state index in [0.717, 1.165) is 25.9 Å². The number of rotatable bonds is 5. The van der Waals surface area contributed by atoms with Gasteiger partial charge >= 0.3 is 0 Å². The third kappa shape index (κ3) is 4.67. The number of piperidine rings is 1. The van der Waals surface area contributed by atoms with Gasteiger partial charge in [-0.05, 0) is 38.3 Å². The maximum Gasteiger partial charge on any atom is 0.220 e. The van der Waals surface area contributed by atoms with Crippen LogP contribution in [0.2, 0.25) is 0 Å². The molecule has 0 radical (unpaired) electrons. The Balaban J connectivity index is 2.25. The molecule has 1 heterocycles. The van der Waals surface area contributed by atoms with Gasteiger partial charge in [0, 0.05) is 18.9 Å². The van der Waals surface area contributed by atoms with Crippen LogP contribution in [0.1, 0.15) is 39.0 Å². The van der Waals surface area contributed by atoms with Gasteiger partial charge in [0.25, 0.3) is 0 Å². The van der Waals surface area contributed by atoms with E-state index >= 15 is 0 Å². The lowest BCUT2D eigenvalue weighted by Gasteiger charge is -2.23. The molecule has 0 aromatic carbocycles. The predicted octanol–water partition coefficient (Wildman–Crippen LogP) is 1.29. The molecule has 3 heteroatoms. The smallest absolute Gasteiger partial charge is 0.220 e. The van der Waals surface area contributed by atoms with Gasteiger partial charge in [0.15, 0.2) is 0 Å². The minimum Gasteiger partial charge on any atom is -0.352 e. The molecule has 0 saturated carbocycles. The van der Waals surface area contributed by atoms with E-state index in [-0.39, 0.29) is 11.9 Å². The predicted molar refractivity (Wildman–Crippen MR) is 65.9 cm³/mol. The maximum atomic E-state index is 11.7. The Kier molecular flexibility index (Phi) is 5.95. The highest BCUT2D eigenvalue weighted by Crippen LogP contribution is 2.13. The van der Waals surface area contributed by atoms with Crippen LogP contribution < -0.4 is 10.6 Å². The van der Waals surface area contributed by atoms with E-state index in [1.54, 1.807) is 0 Å². The van der Waals surface area contributed by atoms with Crippen LogP contribution in [-0.4, -0.2) is 25.0 Å². The van der Waals surface area contributed by atoms with Crippen LogP contribution in [0.5, 0.6) is 0 Å². The number of hydrogen-bond donors (Lipinski definition) is 2. The Morgan fingerprint density at radius 3 is 3.06 bits per heavy atom. The summed E-state index contributed by atoms with van der Waals surface area (Å²) in [5.74, 6) is 3.25. The molecule has 1 fully saturated rings. The first-order chi connectivity index (χ1) is 7.76. The second-order valence-electron chi connectivity index (χ2n) is 4.50. The molecular weight excluding hydrogens is 200 g/mol. The highest BCUT2D eigenvalue weighted by molar-refractivity contribution is 5.76. The van der Waals surface area contributed by atoms with Crippen LogP contribution >= 0.6 is 0 Å². The van der Waals surface area contributed by atoms with Crippen molar-refractivity contribution in [2.45, 2.75) is 45.1 Å². The summed E-state index contributed by atoms with van der Waals surface area (Å²) in [5.41, 5.74) is 0. The molecule has 1 saturated heterocycles. The summed E-state index contributed by atoms with van der Waals surface area (Å²) < 4.78 is 0. The Morgan fingerprint density at radius 1 is 1.69 bits per heavy atom. The molecule has 2 N–H and O–H groups in total. The van der Waals surface area contributed by atoms with Gasteiger partial charge in [-0.1, -0.05) is 6.92 Å². The summed E-state index contributed by atoms with van der Waals surface area (Å²) in [6.07, 6.45) is 9.76. The zero-order valence-corrected chi connectivity index (χ0v) is 10.1. The lowest BCUT2D eigenvalue weighted by molar-refractivity contribution is -0.122.